The normalized spacial score (nSPS) is 23.5. The summed E-state index contributed by atoms with van der Waals surface area (Å²) in [6, 6.07) is 10.5. The van der Waals surface area contributed by atoms with E-state index in [2.05, 4.69) is 72.7 Å². The lowest BCUT2D eigenvalue weighted by Gasteiger charge is -2.42. The van der Waals surface area contributed by atoms with Crippen LogP contribution in [-0.4, -0.2) is 48.2 Å². The molecule has 8 nitrogen and oxygen atoms in total. The number of carbonyl (C=O) groups excluding carboxylic acids is 1. The molecule has 2 aliphatic carbocycles. The number of aryl methyl sites for hydroxylation is 1. The predicted molar refractivity (Wildman–Crippen MR) is 184 cm³/mol. The second-order valence-electron chi connectivity index (χ2n) is 15.3. The highest BCUT2D eigenvalue weighted by Gasteiger charge is 2.37. The van der Waals surface area contributed by atoms with Crippen molar-refractivity contribution in [1.29, 1.82) is 0 Å². The van der Waals surface area contributed by atoms with Crippen molar-refractivity contribution in [2.75, 3.05) is 36.9 Å². The molecule has 1 amide bonds. The average Bonchev–Trinajstić information content (AvgIpc) is 3.74. The number of hydrogen-bond acceptors (Lipinski definition) is 7. The van der Waals surface area contributed by atoms with Gasteiger partial charge in [-0.2, -0.15) is 4.98 Å². The van der Waals surface area contributed by atoms with E-state index in [1.54, 1.807) is 6.20 Å². The smallest absolute Gasteiger partial charge is 0.287 e. The van der Waals surface area contributed by atoms with Crippen LogP contribution >= 0.6 is 0 Å². The zero-order chi connectivity index (χ0) is 32.3. The van der Waals surface area contributed by atoms with E-state index in [4.69, 9.17) is 9.15 Å². The number of carbonyl (C=O) groups is 1. The van der Waals surface area contributed by atoms with E-state index in [0.717, 1.165) is 69.8 Å². The summed E-state index contributed by atoms with van der Waals surface area (Å²) in [5, 5.41) is 9.96. The van der Waals surface area contributed by atoms with Gasteiger partial charge in [-0.1, -0.05) is 39.8 Å². The molecule has 1 aliphatic heterocycles. The van der Waals surface area contributed by atoms with Crippen LogP contribution < -0.4 is 16.0 Å². The topological polar surface area (TPSA) is 101 Å². The molecule has 3 aliphatic rings. The van der Waals surface area contributed by atoms with Crippen molar-refractivity contribution in [2.45, 2.75) is 109 Å². The van der Waals surface area contributed by atoms with Crippen LogP contribution in [0, 0.1) is 18.8 Å². The maximum absolute atomic E-state index is 13.0. The molecule has 2 aromatic heterocycles. The number of nitrogens with one attached hydrogen (secondary N) is 3. The molecule has 3 N–H and O–H groups in total. The van der Waals surface area contributed by atoms with Crippen LogP contribution in [-0.2, 0) is 22.0 Å². The number of benzene rings is 1. The lowest BCUT2D eigenvalue weighted by molar-refractivity contribution is 0.0912. The molecular formula is C38H53N5O3. The van der Waals surface area contributed by atoms with Crippen molar-refractivity contribution in [2.24, 2.45) is 11.8 Å². The summed E-state index contributed by atoms with van der Waals surface area (Å²) in [6.07, 6.45) is 11.9. The van der Waals surface area contributed by atoms with Gasteiger partial charge in [-0.25, -0.2) is 4.98 Å². The lowest BCUT2D eigenvalue weighted by atomic mass is 9.62. The molecule has 46 heavy (non-hydrogen) atoms. The molecule has 3 aromatic rings. The third-order valence-electron chi connectivity index (χ3n) is 10.8. The summed E-state index contributed by atoms with van der Waals surface area (Å²) in [7, 11) is 0. The van der Waals surface area contributed by atoms with E-state index in [0.29, 0.717) is 36.5 Å². The summed E-state index contributed by atoms with van der Waals surface area (Å²) < 4.78 is 11.8. The SMILES string of the molecule is Cc1cc2c(cc1Cc1ccc(C(=O)NCC3CCC(CNc4ccnc(NC[C@H]5CCCO5)n4)CC3)o1)C(C)(C)CCC2(C)C. The first-order chi connectivity index (χ1) is 22.1. The summed E-state index contributed by atoms with van der Waals surface area (Å²) in [6.45, 7) is 14.8. The molecule has 0 unspecified atom stereocenters. The van der Waals surface area contributed by atoms with Gasteiger partial charge >= 0.3 is 0 Å². The van der Waals surface area contributed by atoms with Crippen LogP contribution in [0.25, 0.3) is 0 Å². The van der Waals surface area contributed by atoms with Crippen LogP contribution in [0.15, 0.2) is 40.9 Å². The molecule has 3 heterocycles. The van der Waals surface area contributed by atoms with Gasteiger partial charge in [0.1, 0.15) is 11.6 Å². The number of rotatable bonds is 11. The van der Waals surface area contributed by atoms with Gasteiger partial charge in [0.05, 0.1) is 6.10 Å². The number of nitrogens with zero attached hydrogens (tertiary/aromatic N) is 2. The van der Waals surface area contributed by atoms with Crippen molar-refractivity contribution < 1.29 is 13.9 Å². The first kappa shape index (κ1) is 32.5. The summed E-state index contributed by atoms with van der Waals surface area (Å²) in [5.41, 5.74) is 5.88. The standard InChI is InChI=1S/C38H53N5O3/c1-25-19-31-32(38(4,5)16-15-37(31,2)3)21-28(25)20-29-12-13-33(46-29)35(44)41-23-27-10-8-26(9-11-27)22-40-34-14-17-39-36(43-34)42-24-30-7-6-18-45-30/h12-14,17,19,21,26-27,30H,6-11,15-16,18,20,22-24H2,1-5H3,(H,41,44)(H2,39,40,42,43)/t26?,27?,30-/m1/s1. The first-order valence-corrected chi connectivity index (χ1v) is 17.5. The van der Waals surface area contributed by atoms with E-state index in [1.165, 1.54) is 35.1 Å². The fourth-order valence-corrected chi connectivity index (χ4v) is 7.51. The van der Waals surface area contributed by atoms with E-state index < -0.39 is 0 Å². The van der Waals surface area contributed by atoms with Gasteiger partial charge < -0.3 is 25.1 Å². The van der Waals surface area contributed by atoms with E-state index in [1.807, 2.05) is 18.2 Å². The monoisotopic (exact) mass is 627 g/mol. The van der Waals surface area contributed by atoms with Crippen LogP contribution in [0.3, 0.4) is 0 Å². The Kier molecular flexibility index (Phi) is 9.74. The van der Waals surface area contributed by atoms with Gasteiger partial charge in [0.2, 0.25) is 5.95 Å². The molecule has 1 saturated heterocycles. The highest BCUT2D eigenvalue weighted by molar-refractivity contribution is 5.91. The zero-order valence-corrected chi connectivity index (χ0v) is 28.5. The van der Waals surface area contributed by atoms with Crippen LogP contribution in [0.5, 0.6) is 0 Å². The molecule has 0 bridgehead atoms. The quantitative estimate of drug-likeness (QED) is 0.202. The number of anilines is 2. The number of aromatic nitrogens is 2. The van der Waals surface area contributed by atoms with Gasteiger partial charge in [-0.05, 0) is 121 Å². The summed E-state index contributed by atoms with van der Waals surface area (Å²) in [5.74, 6) is 3.71. The molecule has 2 fully saturated rings. The number of ether oxygens (including phenoxy) is 1. The molecule has 0 spiro atoms. The van der Waals surface area contributed by atoms with Gasteiger partial charge in [0.15, 0.2) is 5.76 Å². The second kappa shape index (κ2) is 13.8. The zero-order valence-electron chi connectivity index (χ0n) is 28.5. The molecule has 0 radical (unpaired) electrons. The molecule has 1 aromatic carbocycles. The van der Waals surface area contributed by atoms with Gasteiger partial charge in [0, 0.05) is 38.9 Å². The number of fused-ring (bicyclic) bond motifs is 1. The molecule has 248 valence electrons. The van der Waals surface area contributed by atoms with E-state index >= 15 is 0 Å². The minimum Gasteiger partial charge on any atom is -0.456 e. The minimum absolute atomic E-state index is 0.118. The summed E-state index contributed by atoms with van der Waals surface area (Å²) in [4.78, 5) is 22.0. The molecular weight excluding hydrogens is 574 g/mol. The third kappa shape index (κ3) is 7.76. The van der Waals surface area contributed by atoms with E-state index in [-0.39, 0.29) is 22.8 Å². The Morgan fingerprint density at radius 1 is 0.891 bits per heavy atom. The minimum atomic E-state index is -0.118. The Hall–Kier alpha value is -3.39. The highest BCUT2D eigenvalue weighted by Crippen LogP contribution is 2.46. The van der Waals surface area contributed by atoms with Gasteiger partial charge in [-0.15, -0.1) is 0 Å². The largest absolute Gasteiger partial charge is 0.456 e. The number of amides is 1. The summed E-state index contributed by atoms with van der Waals surface area (Å²) >= 11 is 0. The number of furan rings is 1. The Balaban J connectivity index is 0.941. The van der Waals surface area contributed by atoms with Crippen molar-refractivity contribution in [3.8, 4) is 0 Å². The van der Waals surface area contributed by atoms with Gasteiger partial charge in [0.25, 0.3) is 5.91 Å². The Morgan fingerprint density at radius 2 is 1.61 bits per heavy atom. The average molecular weight is 628 g/mol. The maximum Gasteiger partial charge on any atom is 0.287 e. The van der Waals surface area contributed by atoms with Crippen molar-refractivity contribution in [3.63, 3.8) is 0 Å². The Labute approximate surface area is 274 Å². The van der Waals surface area contributed by atoms with E-state index in [9.17, 15) is 4.79 Å². The van der Waals surface area contributed by atoms with Crippen molar-refractivity contribution in [1.82, 2.24) is 15.3 Å². The molecule has 1 saturated carbocycles. The molecule has 1 atom stereocenters. The molecule has 6 rings (SSSR count). The van der Waals surface area contributed by atoms with Crippen LogP contribution in [0.2, 0.25) is 0 Å². The first-order valence-electron chi connectivity index (χ1n) is 17.5. The van der Waals surface area contributed by atoms with Crippen LogP contribution in [0.4, 0.5) is 11.8 Å². The van der Waals surface area contributed by atoms with Gasteiger partial charge in [-0.3, -0.25) is 4.79 Å². The third-order valence-corrected chi connectivity index (χ3v) is 10.8. The van der Waals surface area contributed by atoms with Crippen molar-refractivity contribution >= 4 is 17.7 Å². The number of hydrogen-bond donors (Lipinski definition) is 3. The second-order valence-corrected chi connectivity index (χ2v) is 15.3. The maximum atomic E-state index is 13.0. The predicted octanol–water partition coefficient (Wildman–Crippen LogP) is 7.56. The van der Waals surface area contributed by atoms with Crippen LogP contribution in [0.1, 0.15) is 118 Å². The highest BCUT2D eigenvalue weighted by atomic mass is 16.5. The Morgan fingerprint density at radius 3 is 2.33 bits per heavy atom. The molecule has 8 heteroatoms. The Bertz CT molecular complexity index is 1500. The van der Waals surface area contributed by atoms with Crippen molar-refractivity contribution in [3.05, 3.63) is 70.3 Å². The fraction of sp³-hybridized carbons (Fsp3) is 0.605. The lowest BCUT2D eigenvalue weighted by Crippen LogP contribution is -2.34. The fourth-order valence-electron chi connectivity index (χ4n) is 7.51.